The van der Waals surface area contributed by atoms with E-state index in [1.165, 1.54) is 15.6 Å². The third-order valence-corrected chi connectivity index (χ3v) is 4.95. The van der Waals surface area contributed by atoms with Crippen LogP contribution in [0.15, 0.2) is 41.2 Å². The van der Waals surface area contributed by atoms with Crippen molar-refractivity contribution in [3.8, 4) is 11.3 Å². The highest BCUT2D eigenvalue weighted by molar-refractivity contribution is 6.30. The van der Waals surface area contributed by atoms with Crippen molar-refractivity contribution in [2.24, 2.45) is 0 Å². The fraction of sp³-hybridized carbons (Fsp3) is 0.333. The van der Waals surface area contributed by atoms with Gasteiger partial charge in [0.1, 0.15) is 13.2 Å². The third kappa shape index (κ3) is 3.52. The minimum absolute atomic E-state index is 0.00129. The van der Waals surface area contributed by atoms with Crippen molar-refractivity contribution in [3.05, 3.63) is 51.8 Å². The number of ether oxygens (including phenoxy) is 1. The molecular formula is C18H17ClN4O4. The quantitative estimate of drug-likeness (QED) is 0.790. The van der Waals surface area contributed by atoms with Crippen molar-refractivity contribution in [1.29, 1.82) is 0 Å². The summed E-state index contributed by atoms with van der Waals surface area (Å²) in [7, 11) is 0. The zero-order valence-electron chi connectivity index (χ0n) is 14.4. The van der Waals surface area contributed by atoms with Gasteiger partial charge in [-0.3, -0.25) is 14.5 Å². The lowest BCUT2D eigenvalue weighted by Gasteiger charge is -2.39. The number of halogens is 1. The molecule has 0 spiro atoms. The molecule has 1 aromatic heterocycles. The molecule has 27 heavy (non-hydrogen) atoms. The van der Waals surface area contributed by atoms with Gasteiger partial charge in [0, 0.05) is 29.7 Å². The molecule has 0 saturated carbocycles. The minimum atomic E-state index is -0.464. The Labute approximate surface area is 159 Å². The van der Waals surface area contributed by atoms with Gasteiger partial charge in [0.2, 0.25) is 5.91 Å². The Kier molecular flexibility index (Phi) is 4.57. The van der Waals surface area contributed by atoms with Crippen LogP contribution >= 0.6 is 11.6 Å². The number of aromatic nitrogens is 2. The molecule has 2 fully saturated rings. The van der Waals surface area contributed by atoms with E-state index in [-0.39, 0.29) is 24.1 Å². The number of amides is 2. The average Bonchev–Trinajstić information content (AvgIpc) is 3.01. The van der Waals surface area contributed by atoms with Gasteiger partial charge >= 0.3 is 6.09 Å². The van der Waals surface area contributed by atoms with Gasteiger partial charge in [0.05, 0.1) is 18.3 Å². The molecule has 0 N–H and O–H groups in total. The number of benzene rings is 1. The van der Waals surface area contributed by atoms with Gasteiger partial charge in [-0.15, -0.1) is 0 Å². The molecule has 140 valence electrons. The minimum Gasteiger partial charge on any atom is -0.448 e. The molecule has 2 aromatic rings. The first-order valence-electron chi connectivity index (χ1n) is 8.56. The molecule has 2 aliphatic heterocycles. The second kappa shape index (κ2) is 7.03. The zero-order valence-corrected chi connectivity index (χ0v) is 15.1. The fourth-order valence-corrected chi connectivity index (χ4v) is 3.23. The lowest BCUT2D eigenvalue weighted by atomic mass is 10.1. The largest absolute Gasteiger partial charge is 0.448 e. The van der Waals surface area contributed by atoms with Crippen molar-refractivity contribution in [3.63, 3.8) is 0 Å². The van der Waals surface area contributed by atoms with Crippen LogP contribution in [0.1, 0.15) is 6.04 Å². The molecule has 1 aromatic carbocycles. The van der Waals surface area contributed by atoms with Gasteiger partial charge in [-0.05, 0) is 18.2 Å². The van der Waals surface area contributed by atoms with E-state index in [0.717, 1.165) is 5.56 Å². The second-order valence-corrected chi connectivity index (χ2v) is 6.93. The number of likely N-dealkylation sites (tertiary alicyclic amines) is 1. The maximum absolute atomic E-state index is 12.3. The lowest BCUT2D eigenvalue weighted by Crippen LogP contribution is -2.55. The first kappa shape index (κ1) is 17.5. The molecule has 2 saturated heterocycles. The number of nitrogens with zero attached hydrogens (tertiary/aromatic N) is 4. The Bertz CT molecular complexity index is 937. The Balaban J connectivity index is 1.43. The van der Waals surface area contributed by atoms with Crippen LogP contribution in [0.4, 0.5) is 4.79 Å². The number of carbonyl (C=O) groups is 2. The van der Waals surface area contributed by atoms with Crippen LogP contribution in [0.3, 0.4) is 0 Å². The maximum atomic E-state index is 12.3. The van der Waals surface area contributed by atoms with Crippen LogP contribution in [0.25, 0.3) is 11.3 Å². The van der Waals surface area contributed by atoms with Crippen LogP contribution in [-0.2, 0) is 9.53 Å². The summed E-state index contributed by atoms with van der Waals surface area (Å²) < 4.78 is 6.23. The van der Waals surface area contributed by atoms with E-state index in [1.807, 2.05) is 12.1 Å². The average molecular weight is 389 g/mol. The second-order valence-electron chi connectivity index (χ2n) is 6.50. The predicted octanol–water partition coefficient (Wildman–Crippen LogP) is 1.40. The highest BCUT2D eigenvalue weighted by Gasteiger charge is 2.35. The van der Waals surface area contributed by atoms with Crippen molar-refractivity contribution in [1.82, 2.24) is 19.6 Å². The van der Waals surface area contributed by atoms with Gasteiger partial charge in [-0.1, -0.05) is 23.7 Å². The summed E-state index contributed by atoms with van der Waals surface area (Å²) in [5.41, 5.74) is 1.30. The Morgan fingerprint density at radius 1 is 1.15 bits per heavy atom. The van der Waals surface area contributed by atoms with E-state index in [0.29, 0.717) is 37.0 Å². The first-order chi connectivity index (χ1) is 13.0. The first-order valence-corrected chi connectivity index (χ1v) is 8.94. The van der Waals surface area contributed by atoms with Crippen molar-refractivity contribution in [2.75, 3.05) is 32.8 Å². The van der Waals surface area contributed by atoms with Gasteiger partial charge in [-0.2, -0.15) is 5.10 Å². The monoisotopic (exact) mass is 388 g/mol. The molecule has 3 heterocycles. The standard InChI is InChI=1S/C18H17ClN4O4/c19-13-3-1-12(2-4-13)15-5-6-16(24)23(20-15)14-9-22(10-14)17(25)11-21-7-8-27-18(21)26/h1-6,14H,7-11H2. The molecule has 8 nitrogen and oxygen atoms in total. The summed E-state index contributed by atoms with van der Waals surface area (Å²) in [6.07, 6.45) is -0.464. The maximum Gasteiger partial charge on any atom is 0.410 e. The van der Waals surface area contributed by atoms with Gasteiger partial charge in [0.15, 0.2) is 0 Å². The van der Waals surface area contributed by atoms with E-state index in [4.69, 9.17) is 16.3 Å². The SMILES string of the molecule is O=C(CN1CCOC1=O)N1CC(n2nc(-c3ccc(Cl)cc3)ccc2=O)C1. The molecule has 4 rings (SSSR count). The summed E-state index contributed by atoms with van der Waals surface area (Å²) in [6.45, 7) is 1.51. The summed E-state index contributed by atoms with van der Waals surface area (Å²) in [5.74, 6) is -0.160. The van der Waals surface area contributed by atoms with Crippen LogP contribution in [0.5, 0.6) is 0 Å². The molecule has 2 aliphatic rings. The Hall–Kier alpha value is -2.87. The topological polar surface area (TPSA) is 84.7 Å². The predicted molar refractivity (Wildman–Crippen MR) is 97.5 cm³/mol. The highest BCUT2D eigenvalue weighted by atomic mass is 35.5. The molecule has 0 unspecified atom stereocenters. The smallest absolute Gasteiger partial charge is 0.410 e. The van der Waals surface area contributed by atoms with Crippen molar-refractivity contribution < 1.29 is 14.3 Å². The van der Waals surface area contributed by atoms with E-state index in [2.05, 4.69) is 5.10 Å². The van der Waals surface area contributed by atoms with E-state index >= 15 is 0 Å². The summed E-state index contributed by atoms with van der Waals surface area (Å²) >= 11 is 5.91. The van der Waals surface area contributed by atoms with Crippen molar-refractivity contribution >= 4 is 23.6 Å². The number of cyclic esters (lactones) is 1. The number of rotatable bonds is 4. The van der Waals surface area contributed by atoms with Crippen LogP contribution in [0, 0.1) is 0 Å². The third-order valence-electron chi connectivity index (χ3n) is 4.70. The molecule has 9 heteroatoms. The number of carbonyl (C=O) groups excluding carboxylic acids is 2. The van der Waals surface area contributed by atoms with Crippen LogP contribution < -0.4 is 5.56 Å². The van der Waals surface area contributed by atoms with E-state index in [1.54, 1.807) is 23.1 Å². The summed E-state index contributed by atoms with van der Waals surface area (Å²) in [4.78, 5) is 38.9. The number of hydrogen-bond acceptors (Lipinski definition) is 5. The molecule has 0 atom stereocenters. The highest BCUT2D eigenvalue weighted by Crippen LogP contribution is 2.22. The van der Waals surface area contributed by atoms with Gasteiger partial charge in [0.25, 0.3) is 5.56 Å². The van der Waals surface area contributed by atoms with Crippen LogP contribution in [-0.4, -0.2) is 64.4 Å². The summed E-state index contributed by atoms with van der Waals surface area (Å²) in [6, 6.07) is 10.2. The molecular weight excluding hydrogens is 372 g/mol. The van der Waals surface area contributed by atoms with Crippen molar-refractivity contribution in [2.45, 2.75) is 6.04 Å². The molecule has 0 radical (unpaired) electrons. The van der Waals surface area contributed by atoms with E-state index in [9.17, 15) is 14.4 Å². The molecule has 0 aliphatic carbocycles. The number of hydrogen-bond donors (Lipinski definition) is 0. The Morgan fingerprint density at radius 3 is 2.56 bits per heavy atom. The summed E-state index contributed by atoms with van der Waals surface area (Å²) in [5, 5.41) is 5.07. The van der Waals surface area contributed by atoms with Gasteiger partial charge < -0.3 is 9.64 Å². The normalized spacial score (nSPS) is 17.0. The fourth-order valence-electron chi connectivity index (χ4n) is 3.11. The van der Waals surface area contributed by atoms with E-state index < -0.39 is 6.09 Å². The van der Waals surface area contributed by atoms with Crippen LogP contribution in [0.2, 0.25) is 5.02 Å². The zero-order chi connectivity index (χ0) is 19.0. The lowest BCUT2D eigenvalue weighted by molar-refractivity contribution is -0.137. The van der Waals surface area contributed by atoms with Gasteiger partial charge in [-0.25, -0.2) is 9.48 Å². The molecule has 0 bridgehead atoms. The Morgan fingerprint density at radius 2 is 1.89 bits per heavy atom. The molecule has 2 amide bonds.